The van der Waals surface area contributed by atoms with Gasteiger partial charge < -0.3 is 0 Å². The number of benzene rings is 3. The van der Waals surface area contributed by atoms with E-state index >= 15 is 0 Å². The van der Waals surface area contributed by atoms with E-state index in [0.717, 1.165) is 25.3 Å². The summed E-state index contributed by atoms with van der Waals surface area (Å²) in [6, 6.07) is 32.9. The average Bonchev–Trinajstić information content (AvgIpc) is 3.86. The molecule has 0 bridgehead atoms. The zero-order valence-corrected chi connectivity index (χ0v) is 29.5. The van der Waals surface area contributed by atoms with Crippen molar-refractivity contribution in [3.8, 4) is 14.1 Å². The number of hydrogen-bond donors (Lipinski definition) is 0. The van der Waals surface area contributed by atoms with E-state index in [2.05, 4.69) is 119 Å². The maximum absolute atomic E-state index is 5.95. The predicted octanol–water partition coefficient (Wildman–Crippen LogP) is 8.41. The van der Waals surface area contributed by atoms with E-state index in [0.29, 0.717) is 13.2 Å². The van der Waals surface area contributed by atoms with Crippen molar-refractivity contribution in [1.82, 2.24) is 9.97 Å². The first-order valence-electron chi connectivity index (χ1n) is 14.3. The van der Waals surface area contributed by atoms with Crippen LogP contribution in [0.2, 0.25) is 0 Å². The first kappa shape index (κ1) is 30.7. The number of hydrogen-bond acceptors (Lipinski definition) is 5. The number of allylic oxidation sites excluding steroid dienone is 5. The Balaban J connectivity index is 1.70. The summed E-state index contributed by atoms with van der Waals surface area (Å²) in [4.78, 5) is 11.9. The Hall–Kier alpha value is -3.31. The Bertz CT molecular complexity index is 1820. The quantitative estimate of drug-likeness (QED) is 0.148. The fourth-order valence-corrected chi connectivity index (χ4v) is 13.2. The van der Waals surface area contributed by atoms with Crippen molar-refractivity contribution in [3.63, 3.8) is 0 Å². The number of nitrogens with zero attached hydrogens (tertiary/aromatic N) is 2. The second-order valence-electron chi connectivity index (χ2n) is 10.1. The van der Waals surface area contributed by atoms with E-state index in [1.807, 2.05) is 31.5 Å². The third-order valence-electron chi connectivity index (χ3n) is 7.51. The van der Waals surface area contributed by atoms with Crippen LogP contribution in [0.15, 0.2) is 138 Å². The Labute approximate surface area is 277 Å². The van der Waals surface area contributed by atoms with E-state index in [4.69, 9.17) is 9.72 Å². The Morgan fingerprint density at radius 1 is 0.773 bits per heavy atom. The third-order valence-corrected chi connectivity index (χ3v) is 15.1. The van der Waals surface area contributed by atoms with Crippen molar-refractivity contribution in [2.24, 2.45) is 0 Å². The van der Waals surface area contributed by atoms with Gasteiger partial charge in [-0.3, -0.25) is 0 Å². The molecule has 1 saturated heterocycles. The molecule has 2 aromatic heterocycles. The van der Waals surface area contributed by atoms with Gasteiger partial charge in [0.25, 0.3) is 0 Å². The van der Waals surface area contributed by atoms with E-state index in [-0.39, 0.29) is 0 Å². The zero-order valence-electron chi connectivity index (χ0n) is 24.5. The van der Waals surface area contributed by atoms with Crippen molar-refractivity contribution in [3.05, 3.63) is 148 Å². The van der Waals surface area contributed by atoms with Gasteiger partial charge in [0.05, 0.1) is 0 Å². The molecule has 0 unspecified atom stereocenters. The summed E-state index contributed by atoms with van der Waals surface area (Å²) in [6.45, 7) is 5.31. The van der Waals surface area contributed by atoms with Crippen molar-refractivity contribution in [2.75, 3.05) is 13.2 Å². The molecule has 3 heterocycles. The SMILES string of the molecule is CC=C1COCC1=CC(=C([C]#[Os])[P+](c1ccccc1)(c1ccccc1)c1ccccc1)c1ncc(-c2cnc(/C=C/C)s2)s1. The molecule has 0 radical (unpaired) electrons. The number of aromatic nitrogens is 2. The minimum absolute atomic E-state index is 0.579. The van der Waals surface area contributed by atoms with Crippen LogP contribution in [0, 0.1) is 4.37 Å². The van der Waals surface area contributed by atoms with Gasteiger partial charge >= 0.3 is 279 Å². The number of rotatable bonds is 8. The van der Waals surface area contributed by atoms with Crippen LogP contribution in [0.5, 0.6) is 0 Å². The Kier molecular flexibility index (Phi) is 9.90. The molecule has 1 aliphatic rings. The topological polar surface area (TPSA) is 35.0 Å². The second-order valence-corrected chi connectivity index (χ2v) is 16.2. The van der Waals surface area contributed by atoms with Gasteiger partial charge in [0.15, 0.2) is 0 Å². The Morgan fingerprint density at radius 3 is 1.86 bits per heavy atom. The molecule has 0 spiro atoms. The van der Waals surface area contributed by atoms with Crippen LogP contribution < -0.4 is 15.9 Å². The van der Waals surface area contributed by atoms with Crippen molar-refractivity contribution < 1.29 is 22.7 Å². The fourth-order valence-electron chi connectivity index (χ4n) is 5.48. The molecule has 0 amide bonds. The first-order valence-corrected chi connectivity index (χ1v) is 19.0. The van der Waals surface area contributed by atoms with E-state index in [1.54, 1.807) is 40.6 Å². The van der Waals surface area contributed by atoms with Crippen LogP contribution in [0.3, 0.4) is 0 Å². The summed E-state index contributed by atoms with van der Waals surface area (Å²) < 4.78 is 9.77. The summed E-state index contributed by atoms with van der Waals surface area (Å²) in [6.07, 6.45) is 12.5. The minimum atomic E-state index is -2.42. The standard InChI is InChI=1S/C37H31N2OPS2.Os/c1-4-15-36-38-23-34(42-36)35-24-39-37(43-35)33(22-29-26-40-25-28(29)5-2)27(3)41(30-16-9-6-10-17-30,31-18-11-7-12-19-31)32-20-13-8-14-21-32;/h4-24H,25-26H2,1-2H3;/q+1;/b15-4+,28-5?,29-22?,33-27?;. The molecule has 0 aliphatic carbocycles. The normalized spacial score (nSPS) is 16.0. The summed E-state index contributed by atoms with van der Waals surface area (Å²) in [5.41, 5.74) is 3.51. The molecule has 1 aliphatic heterocycles. The van der Waals surface area contributed by atoms with Gasteiger partial charge in [-0.25, -0.2) is 0 Å². The molecular formula is C37H31N2OOsPS2+. The molecule has 0 saturated carbocycles. The van der Waals surface area contributed by atoms with Crippen LogP contribution in [-0.4, -0.2) is 23.2 Å². The zero-order chi connectivity index (χ0) is 30.4. The third kappa shape index (κ3) is 6.00. The monoisotopic (exact) mass is 806 g/mol. The average molecular weight is 805 g/mol. The fraction of sp³-hybridized carbons (Fsp3) is 0.108. The molecule has 6 rings (SSSR count). The van der Waals surface area contributed by atoms with Gasteiger partial charge in [-0.2, -0.15) is 0 Å². The van der Waals surface area contributed by atoms with Crippen molar-refractivity contribution in [1.29, 1.82) is 0 Å². The van der Waals surface area contributed by atoms with Crippen LogP contribution in [-0.2, 0) is 22.7 Å². The molecular weight excluding hydrogens is 774 g/mol. The molecule has 5 aromatic rings. The van der Waals surface area contributed by atoms with Gasteiger partial charge in [-0.05, 0) is 0 Å². The molecule has 219 valence electrons. The Morgan fingerprint density at radius 2 is 1.32 bits per heavy atom. The van der Waals surface area contributed by atoms with E-state index < -0.39 is 7.26 Å². The second kappa shape index (κ2) is 14.2. The molecule has 3 nitrogen and oxygen atoms in total. The van der Waals surface area contributed by atoms with Gasteiger partial charge in [-0.15, -0.1) is 0 Å². The molecule has 3 aromatic carbocycles. The number of ether oxygens (including phenoxy) is 1. The van der Waals surface area contributed by atoms with Crippen LogP contribution >= 0.6 is 29.9 Å². The van der Waals surface area contributed by atoms with Gasteiger partial charge in [0.1, 0.15) is 0 Å². The van der Waals surface area contributed by atoms with Crippen LogP contribution in [0.25, 0.3) is 21.4 Å². The summed E-state index contributed by atoms with van der Waals surface area (Å²) >= 11 is 5.20. The molecule has 7 heteroatoms. The maximum atomic E-state index is 5.95. The van der Waals surface area contributed by atoms with Crippen molar-refractivity contribution in [2.45, 2.75) is 13.8 Å². The van der Waals surface area contributed by atoms with Gasteiger partial charge in [0.2, 0.25) is 0 Å². The first-order chi connectivity index (χ1) is 21.7. The van der Waals surface area contributed by atoms with Crippen LogP contribution in [0.1, 0.15) is 23.9 Å². The van der Waals surface area contributed by atoms with E-state index in [1.165, 1.54) is 32.4 Å². The van der Waals surface area contributed by atoms with Gasteiger partial charge in [0, 0.05) is 0 Å². The van der Waals surface area contributed by atoms with Gasteiger partial charge in [-0.1, -0.05) is 0 Å². The van der Waals surface area contributed by atoms with Crippen LogP contribution in [0.4, 0.5) is 0 Å². The molecule has 44 heavy (non-hydrogen) atoms. The van der Waals surface area contributed by atoms with Crippen molar-refractivity contribution >= 4 is 57.5 Å². The van der Waals surface area contributed by atoms with E-state index in [9.17, 15) is 0 Å². The molecule has 0 atom stereocenters. The molecule has 0 N–H and O–H groups in total. The molecule has 1 fully saturated rings. The summed E-state index contributed by atoms with van der Waals surface area (Å²) in [5.74, 6) is 0. The predicted molar refractivity (Wildman–Crippen MR) is 187 cm³/mol. The summed E-state index contributed by atoms with van der Waals surface area (Å²) in [5, 5.41) is 6.99. The number of thiazole rings is 2. The summed E-state index contributed by atoms with van der Waals surface area (Å²) in [7, 11) is -2.42.